The first-order chi connectivity index (χ1) is 8.84. The number of carbonyl (C=O) groups excluding carboxylic acids is 1. The Hall–Kier alpha value is -2.63. The highest BCUT2D eigenvalue weighted by Gasteiger charge is 2.13. The number of amides is 1. The molecule has 0 aliphatic carbocycles. The first kappa shape index (κ1) is 10.5. The predicted molar refractivity (Wildman–Crippen MR) is 65.9 cm³/mol. The molecular weight excluding hydrogens is 230 g/mol. The van der Waals surface area contributed by atoms with E-state index in [-0.39, 0.29) is 5.91 Å². The number of nitrogens with one attached hydrogen (secondary N) is 3. The van der Waals surface area contributed by atoms with Crippen molar-refractivity contribution in [3.8, 4) is 0 Å². The summed E-state index contributed by atoms with van der Waals surface area (Å²) in [6.45, 7) is 0.403. The lowest BCUT2D eigenvalue weighted by molar-refractivity contribution is 0.0947. The summed E-state index contributed by atoms with van der Waals surface area (Å²) in [5, 5.41) is 10.5. The minimum absolute atomic E-state index is 0.206. The number of imidazole rings is 1. The molecule has 0 aliphatic heterocycles. The lowest BCUT2D eigenvalue weighted by Crippen LogP contribution is -2.23. The van der Waals surface area contributed by atoms with E-state index in [4.69, 9.17) is 0 Å². The van der Waals surface area contributed by atoms with Crippen molar-refractivity contribution in [2.75, 3.05) is 0 Å². The van der Waals surface area contributed by atoms with E-state index in [9.17, 15) is 4.79 Å². The van der Waals surface area contributed by atoms with E-state index in [2.05, 4.69) is 25.5 Å². The van der Waals surface area contributed by atoms with Gasteiger partial charge in [-0.15, -0.1) is 0 Å². The fourth-order valence-electron chi connectivity index (χ4n) is 1.78. The number of nitrogens with zero attached hydrogens (tertiary/aromatic N) is 2. The van der Waals surface area contributed by atoms with E-state index in [0.29, 0.717) is 12.2 Å². The standard InChI is InChI=1S/C12H11N5O/c18-12(14-6-8-5-13-7-15-8)11-9-3-1-2-4-10(9)16-17-11/h1-5,7H,6H2,(H,13,15)(H,14,18)(H,16,17). The fourth-order valence-corrected chi connectivity index (χ4v) is 1.78. The highest BCUT2D eigenvalue weighted by atomic mass is 16.1. The van der Waals surface area contributed by atoms with E-state index in [0.717, 1.165) is 16.6 Å². The number of aromatic nitrogens is 4. The number of rotatable bonds is 3. The summed E-state index contributed by atoms with van der Waals surface area (Å²) in [6, 6.07) is 7.52. The molecule has 6 nitrogen and oxygen atoms in total. The number of hydrogen-bond donors (Lipinski definition) is 3. The second-order valence-electron chi connectivity index (χ2n) is 3.88. The van der Waals surface area contributed by atoms with Crippen molar-refractivity contribution in [2.24, 2.45) is 0 Å². The average Bonchev–Trinajstić information content (AvgIpc) is 3.05. The van der Waals surface area contributed by atoms with Crippen LogP contribution in [0.2, 0.25) is 0 Å². The number of fused-ring (bicyclic) bond motifs is 1. The Morgan fingerprint density at radius 2 is 2.22 bits per heavy atom. The molecule has 18 heavy (non-hydrogen) atoms. The molecule has 0 saturated carbocycles. The van der Waals surface area contributed by atoms with Crippen LogP contribution in [0.3, 0.4) is 0 Å². The van der Waals surface area contributed by atoms with Gasteiger partial charge in [0.05, 0.1) is 24.1 Å². The third-order valence-corrected chi connectivity index (χ3v) is 2.68. The molecule has 0 aliphatic rings. The molecule has 90 valence electrons. The highest BCUT2D eigenvalue weighted by molar-refractivity contribution is 6.04. The normalized spacial score (nSPS) is 10.7. The molecule has 2 aromatic heterocycles. The van der Waals surface area contributed by atoms with E-state index in [1.54, 1.807) is 12.5 Å². The van der Waals surface area contributed by atoms with Crippen LogP contribution >= 0.6 is 0 Å². The van der Waals surface area contributed by atoms with Gasteiger partial charge in [-0.25, -0.2) is 4.98 Å². The Kier molecular flexibility index (Phi) is 2.53. The SMILES string of the molecule is O=C(NCc1cnc[nH]1)c1n[nH]c2ccccc12. The van der Waals surface area contributed by atoms with Gasteiger partial charge in [0.1, 0.15) is 0 Å². The second kappa shape index (κ2) is 4.33. The number of H-pyrrole nitrogens is 2. The number of benzene rings is 1. The molecule has 2 heterocycles. The van der Waals surface area contributed by atoms with Gasteiger partial charge in [0.2, 0.25) is 0 Å². The summed E-state index contributed by atoms with van der Waals surface area (Å²) in [7, 11) is 0. The van der Waals surface area contributed by atoms with Crippen molar-refractivity contribution < 1.29 is 4.79 Å². The summed E-state index contributed by atoms with van der Waals surface area (Å²) < 4.78 is 0. The minimum atomic E-state index is -0.206. The highest BCUT2D eigenvalue weighted by Crippen LogP contribution is 2.14. The molecule has 3 rings (SSSR count). The molecule has 3 N–H and O–H groups in total. The molecule has 0 bridgehead atoms. The van der Waals surface area contributed by atoms with E-state index >= 15 is 0 Å². The topological polar surface area (TPSA) is 86.5 Å². The van der Waals surface area contributed by atoms with Gasteiger partial charge in [0.25, 0.3) is 5.91 Å². The number of aromatic amines is 2. The van der Waals surface area contributed by atoms with Gasteiger partial charge in [-0.05, 0) is 6.07 Å². The summed E-state index contributed by atoms with van der Waals surface area (Å²) in [6.07, 6.45) is 3.24. The summed E-state index contributed by atoms with van der Waals surface area (Å²) in [4.78, 5) is 18.8. The predicted octanol–water partition coefficient (Wildman–Crippen LogP) is 1.22. The largest absolute Gasteiger partial charge is 0.347 e. The molecule has 0 fully saturated rings. The molecule has 1 amide bonds. The lowest BCUT2D eigenvalue weighted by atomic mass is 10.2. The summed E-state index contributed by atoms with van der Waals surface area (Å²) >= 11 is 0. The Morgan fingerprint density at radius 3 is 3.06 bits per heavy atom. The molecule has 0 unspecified atom stereocenters. The molecule has 0 atom stereocenters. The van der Waals surface area contributed by atoms with Gasteiger partial charge in [0.15, 0.2) is 5.69 Å². The summed E-state index contributed by atoms with van der Waals surface area (Å²) in [5.41, 5.74) is 2.11. The zero-order valence-corrected chi connectivity index (χ0v) is 9.47. The van der Waals surface area contributed by atoms with E-state index in [1.807, 2.05) is 24.3 Å². The summed E-state index contributed by atoms with van der Waals surface area (Å²) in [5.74, 6) is -0.206. The molecule has 0 saturated heterocycles. The smallest absolute Gasteiger partial charge is 0.272 e. The van der Waals surface area contributed by atoms with Crippen LogP contribution in [0, 0.1) is 0 Å². The minimum Gasteiger partial charge on any atom is -0.347 e. The molecule has 0 radical (unpaired) electrons. The zero-order valence-electron chi connectivity index (χ0n) is 9.47. The molecule has 6 heteroatoms. The Bertz CT molecular complexity index is 671. The third-order valence-electron chi connectivity index (χ3n) is 2.68. The fraction of sp³-hybridized carbons (Fsp3) is 0.0833. The maximum absolute atomic E-state index is 12.0. The molecule has 3 aromatic rings. The van der Waals surface area contributed by atoms with Gasteiger partial charge in [-0.1, -0.05) is 18.2 Å². The molecule has 1 aromatic carbocycles. The van der Waals surface area contributed by atoms with Crippen LogP contribution in [-0.2, 0) is 6.54 Å². The van der Waals surface area contributed by atoms with Crippen molar-refractivity contribution in [3.05, 3.63) is 48.2 Å². The van der Waals surface area contributed by atoms with Crippen molar-refractivity contribution in [3.63, 3.8) is 0 Å². The van der Waals surface area contributed by atoms with Crippen LogP contribution in [0.25, 0.3) is 10.9 Å². The molecule has 0 spiro atoms. The maximum atomic E-state index is 12.0. The van der Waals surface area contributed by atoms with Crippen molar-refractivity contribution in [2.45, 2.75) is 6.54 Å². The zero-order chi connectivity index (χ0) is 12.4. The molecular formula is C12H11N5O. The van der Waals surface area contributed by atoms with Crippen LogP contribution in [0.4, 0.5) is 0 Å². The average molecular weight is 241 g/mol. The van der Waals surface area contributed by atoms with E-state index < -0.39 is 0 Å². The number of para-hydroxylation sites is 1. The van der Waals surface area contributed by atoms with Gasteiger partial charge in [-0.2, -0.15) is 5.10 Å². The number of hydrogen-bond acceptors (Lipinski definition) is 3. The van der Waals surface area contributed by atoms with Crippen LogP contribution in [-0.4, -0.2) is 26.1 Å². The van der Waals surface area contributed by atoms with Gasteiger partial charge in [0, 0.05) is 11.6 Å². The van der Waals surface area contributed by atoms with Crippen LogP contribution in [0.1, 0.15) is 16.2 Å². The van der Waals surface area contributed by atoms with Gasteiger partial charge in [-0.3, -0.25) is 9.89 Å². The van der Waals surface area contributed by atoms with Gasteiger partial charge >= 0.3 is 0 Å². The maximum Gasteiger partial charge on any atom is 0.272 e. The monoisotopic (exact) mass is 241 g/mol. The van der Waals surface area contributed by atoms with Crippen molar-refractivity contribution in [1.29, 1.82) is 0 Å². The Morgan fingerprint density at radius 1 is 1.33 bits per heavy atom. The van der Waals surface area contributed by atoms with Crippen LogP contribution in [0.15, 0.2) is 36.8 Å². The first-order valence-electron chi connectivity index (χ1n) is 5.53. The Labute approximate surface area is 102 Å². The van der Waals surface area contributed by atoms with Crippen molar-refractivity contribution >= 4 is 16.8 Å². The second-order valence-corrected chi connectivity index (χ2v) is 3.88. The van der Waals surface area contributed by atoms with Crippen molar-refractivity contribution in [1.82, 2.24) is 25.5 Å². The third kappa shape index (κ3) is 1.84. The van der Waals surface area contributed by atoms with Crippen LogP contribution < -0.4 is 5.32 Å². The van der Waals surface area contributed by atoms with Gasteiger partial charge < -0.3 is 10.3 Å². The lowest BCUT2D eigenvalue weighted by Gasteiger charge is -2.00. The number of carbonyl (C=O) groups is 1. The van der Waals surface area contributed by atoms with E-state index in [1.165, 1.54) is 0 Å². The van der Waals surface area contributed by atoms with Crippen LogP contribution in [0.5, 0.6) is 0 Å². The first-order valence-corrected chi connectivity index (χ1v) is 5.53. The quantitative estimate of drug-likeness (QED) is 0.644. The Balaban J connectivity index is 1.80.